The molecule has 0 fully saturated rings. The predicted molar refractivity (Wildman–Crippen MR) is 80.1 cm³/mol. The minimum atomic E-state index is -1.46. The predicted octanol–water partition coefficient (Wildman–Crippen LogP) is 4.77. The zero-order valence-corrected chi connectivity index (χ0v) is 12.0. The highest BCUT2D eigenvalue weighted by molar-refractivity contribution is 6.66. The summed E-state index contributed by atoms with van der Waals surface area (Å²) in [7, 11) is 0. The van der Waals surface area contributed by atoms with E-state index in [4.69, 9.17) is 34.8 Å². The van der Waals surface area contributed by atoms with Gasteiger partial charge in [-0.05, 0) is 24.3 Å². The van der Waals surface area contributed by atoms with Crippen LogP contribution in [0.1, 0.15) is 15.9 Å². The SMILES string of the molecule is O=C(Nc1ccc(C(Cl)(Cl)Cl)cc1)c1ccccc1. The molecule has 0 aromatic heterocycles. The minimum Gasteiger partial charge on any atom is -0.322 e. The van der Waals surface area contributed by atoms with Gasteiger partial charge in [-0.1, -0.05) is 65.1 Å². The second-order valence-electron chi connectivity index (χ2n) is 3.90. The number of hydrogen-bond donors (Lipinski definition) is 1. The molecule has 0 aliphatic carbocycles. The van der Waals surface area contributed by atoms with E-state index < -0.39 is 3.79 Å². The van der Waals surface area contributed by atoms with E-state index in [-0.39, 0.29) is 5.91 Å². The summed E-state index contributed by atoms with van der Waals surface area (Å²) in [5, 5.41) is 2.77. The van der Waals surface area contributed by atoms with E-state index in [9.17, 15) is 4.79 Å². The maximum atomic E-state index is 11.9. The molecular weight excluding hydrogens is 305 g/mol. The second kappa shape index (κ2) is 5.83. The molecule has 1 amide bonds. The molecule has 2 aromatic carbocycles. The summed E-state index contributed by atoms with van der Waals surface area (Å²) < 4.78 is -1.46. The molecule has 2 aromatic rings. The van der Waals surface area contributed by atoms with Crippen LogP contribution in [0, 0.1) is 0 Å². The molecule has 19 heavy (non-hydrogen) atoms. The molecular formula is C14H10Cl3NO. The Hall–Kier alpha value is -1.22. The molecule has 0 aliphatic rings. The summed E-state index contributed by atoms with van der Waals surface area (Å²) in [5.41, 5.74) is 1.79. The summed E-state index contributed by atoms with van der Waals surface area (Å²) in [6, 6.07) is 15.7. The van der Waals surface area contributed by atoms with E-state index in [1.807, 2.05) is 6.07 Å². The quantitative estimate of drug-likeness (QED) is 0.795. The smallest absolute Gasteiger partial charge is 0.255 e. The Morgan fingerprint density at radius 1 is 0.895 bits per heavy atom. The first-order chi connectivity index (χ1) is 8.97. The van der Waals surface area contributed by atoms with Crippen LogP contribution in [-0.4, -0.2) is 5.91 Å². The van der Waals surface area contributed by atoms with Crippen LogP contribution in [0.4, 0.5) is 5.69 Å². The maximum absolute atomic E-state index is 11.9. The molecule has 0 saturated carbocycles. The number of benzene rings is 2. The fraction of sp³-hybridized carbons (Fsp3) is 0.0714. The Kier molecular flexibility index (Phi) is 4.35. The molecule has 0 aliphatic heterocycles. The number of anilines is 1. The van der Waals surface area contributed by atoms with Crippen LogP contribution in [0.25, 0.3) is 0 Å². The van der Waals surface area contributed by atoms with Crippen LogP contribution in [0.15, 0.2) is 54.6 Å². The molecule has 5 heteroatoms. The number of carbonyl (C=O) groups is 1. The summed E-state index contributed by atoms with van der Waals surface area (Å²) in [5.74, 6) is -0.178. The Labute approximate surface area is 126 Å². The molecule has 1 N–H and O–H groups in total. The van der Waals surface area contributed by atoms with Gasteiger partial charge >= 0.3 is 0 Å². The van der Waals surface area contributed by atoms with Gasteiger partial charge in [0.1, 0.15) is 0 Å². The summed E-state index contributed by atoms with van der Waals surface area (Å²) in [4.78, 5) is 11.9. The van der Waals surface area contributed by atoms with Gasteiger partial charge in [0.25, 0.3) is 5.91 Å². The first-order valence-corrected chi connectivity index (χ1v) is 6.64. The largest absolute Gasteiger partial charge is 0.322 e. The molecule has 0 bridgehead atoms. The van der Waals surface area contributed by atoms with Gasteiger partial charge in [0, 0.05) is 16.8 Å². The molecule has 0 spiro atoms. The number of nitrogens with one attached hydrogen (secondary N) is 1. The normalized spacial score (nSPS) is 11.1. The van der Waals surface area contributed by atoms with Crippen molar-refractivity contribution in [2.75, 3.05) is 5.32 Å². The fourth-order valence-corrected chi connectivity index (χ4v) is 1.91. The van der Waals surface area contributed by atoms with Gasteiger partial charge < -0.3 is 5.32 Å². The topological polar surface area (TPSA) is 29.1 Å². The average molecular weight is 315 g/mol. The average Bonchev–Trinajstić information content (AvgIpc) is 2.39. The Bertz CT molecular complexity index is 561. The first-order valence-electron chi connectivity index (χ1n) is 5.50. The molecule has 0 saturated heterocycles. The summed E-state index contributed by atoms with van der Waals surface area (Å²) in [6.45, 7) is 0. The Balaban J connectivity index is 2.10. The summed E-state index contributed by atoms with van der Waals surface area (Å²) >= 11 is 17.3. The van der Waals surface area contributed by atoms with Crippen LogP contribution in [0.5, 0.6) is 0 Å². The number of rotatable bonds is 2. The van der Waals surface area contributed by atoms with E-state index >= 15 is 0 Å². The van der Waals surface area contributed by atoms with Crippen molar-refractivity contribution >= 4 is 46.4 Å². The van der Waals surface area contributed by atoms with E-state index in [0.29, 0.717) is 16.8 Å². The molecule has 98 valence electrons. The molecule has 0 heterocycles. The second-order valence-corrected chi connectivity index (χ2v) is 6.18. The third-order valence-corrected chi connectivity index (χ3v) is 3.16. The Morgan fingerprint density at radius 3 is 2.00 bits per heavy atom. The zero-order valence-electron chi connectivity index (χ0n) is 9.74. The van der Waals surface area contributed by atoms with Gasteiger partial charge in [0.15, 0.2) is 0 Å². The van der Waals surface area contributed by atoms with E-state index in [0.717, 1.165) is 0 Å². The van der Waals surface area contributed by atoms with Gasteiger partial charge in [0.2, 0.25) is 3.79 Å². The molecule has 2 nitrogen and oxygen atoms in total. The van der Waals surface area contributed by atoms with Crippen LogP contribution in [0.3, 0.4) is 0 Å². The van der Waals surface area contributed by atoms with Crippen LogP contribution < -0.4 is 5.32 Å². The third-order valence-electron chi connectivity index (χ3n) is 2.51. The van der Waals surface area contributed by atoms with E-state index in [1.54, 1.807) is 48.5 Å². The molecule has 0 radical (unpaired) electrons. The van der Waals surface area contributed by atoms with Gasteiger partial charge in [0.05, 0.1) is 0 Å². The number of hydrogen-bond acceptors (Lipinski definition) is 1. The van der Waals surface area contributed by atoms with Gasteiger partial charge in [-0.2, -0.15) is 0 Å². The van der Waals surface area contributed by atoms with Crippen molar-refractivity contribution in [3.05, 3.63) is 65.7 Å². The highest BCUT2D eigenvalue weighted by Crippen LogP contribution is 2.38. The van der Waals surface area contributed by atoms with E-state index in [1.165, 1.54) is 0 Å². The van der Waals surface area contributed by atoms with Crippen LogP contribution >= 0.6 is 34.8 Å². The van der Waals surface area contributed by atoms with Gasteiger partial charge in [-0.3, -0.25) is 4.79 Å². The van der Waals surface area contributed by atoms with Crippen molar-refractivity contribution in [1.29, 1.82) is 0 Å². The first kappa shape index (κ1) is 14.2. The van der Waals surface area contributed by atoms with Crippen molar-refractivity contribution in [3.8, 4) is 0 Å². The molecule has 0 unspecified atom stereocenters. The van der Waals surface area contributed by atoms with Crippen LogP contribution in [0.2, 0.25) is 0 Å². The van der Waals surface area contributed by atoms with Crippen molar-refractivity contribution in [1.82, 2.24) is 0 Å². The number of carbonyl (C=O) groups excluding carboxylic acids is 1. The lowest BCUT2D eigenvalue weighted by atomic mass is 10.2. The number of halogens is 3. The number of alkyl halides is 3. The van der Waals surface area contributed by atoms with Crippen molar-refractivity contribution in [2.24, 2.45) is 0 Å². The minimum absolute atomic E-state index is 0.178. The van der Waals surface area contributed by atoms with Crippen molar-refractivity contribution in [2.45, 2.75) is 3.79 Å². The monoisotopic (exact) mass is 313 g/mol. The van der Waals surface area contributed by atoms with Gasteiger partial charge in [-0.25, -0.2) is 0 Å². The zero-order chi connectivity index (χ0) is 13.9. The standard InChI is InChI=1S/C14H10Cl3NO/c15-14(16,17)11-6-8-12(9-7-11)18-13(19)10-4-2-1-3-5-10/h1-9H,(H,18,19). The fourth-order valence-electron chi connectivity index (χ4n) is 1.54. The highest BCUT2D eigenvalue weighted by atomic mass is 35.6. The van der Waals surface area contributed by atoms with Crippen molar-refractivity contribution in [3.63, 3.8) is 0 Å². The summed E-state index contributed by atoms with van der Waals surface area (Å²) in [6.07, 6.45) is 0. The molecule has 2 rings (SSSR count). The highest BCUT2D eigenvalue weighted by Gasteiger charge is 2.22. The molecule has 0 atom stereocenters. The van der Waals surface area contributed by atoms with E-state index in [2.05, 4.69) is 5.32 Å². The number of amides is 1. The van der Waals surface area contributed by atoms with Crippen LogP contribution in [-0.2, 0) is 3.79 Å². The lowest BCUT2D eigenvalue weighted by Crippen LogP contribution is -2.11. The Morgan fingerprint density at radius 2 is 1.47 bits per heavy atom. The lowest BCUT2D eigenvalue weighted by Gasteiger charge is -2.12. The lowest BCUT2D eigenvalue weighted by molar-refractivity contribution is 0.102. The van der Waals surface area contributed by atoms with Crippen molar-refractivity contribution < 1.29 is 4.79 Å². The third kappa shape index (κ3) is 3.87. The maximum Gasteiger partial charge on any atom is 0.255 e. The van der Waals surface area contributed by atoms with Gasteiger partial charge in [-0.15, -0.1) is 0 Å².